The van der Waals surface area contributed by atoms with Gasteiger partial charge >= 0.3 is 0 Å². The molecule has 2 N–H and O–H groups in total. The number of hydrogen-bond donors (Lipinski definition) is 2. The Morgan fingerprint density at radius 2 is 2.04 bits per heavy atom. The van der Waals surface area contributed by atoms with Crippen LogP contribution in [0.1, 0.15) is 11.1 Å². The van der Waals surface area contributed by atoms with Crippen LogP contribution < -0.4 is 10.2 Å². The Morgan fingerprint density at radius 1 is 1.29 bits per heavy atom. The molecular formula is C17H12BrClN2O2S. The number of aryl methyl sites for hydroxylation is 1. The lowest BCUT2D eigenvalue weighted by Gasteiger charge is -2.16. The van der Waals surface area contributed by atoms with Crippen molar-refractivity contribution in [3.05, 3.63) is 62.7 Å². The van der Waals surface area contributed by atoms with Gasteiger partial charge in [-0.2, -0.15) is 0 Å². The Bertz CT molecular complexity index is 898. The maximum atomic E-state index is 12.7. The Labute approximate surface area is 157 Å². The minimum atomic E-state index is -0.241. The van der Waals surface area contributed by atoms with Gasteiger partial charge < -0.3 is 10.4 Å². The molecule has 0 radical (unpaired) electrons. The van der Waals surface area contributed by atoms with Crippen molar-refractivity contribution in [2.45, 2.75) is 6.92 Å². The number of nitrogens with zero attached hydrogens (tertiary/aromatic N) is 1. The third kappa shape index (κ3) is 3.17. The second-order valence-electron chi connectivity index (χ2n) is 5.27. The predicted octanol–water partition coefficient (Wildman–Crippen LogP) is 4.38. The molecule has 0 unspecified atom stereocenters. The monoisotopic (exact) mass is 422 g/mol. The third-order valence-electron chi connectivity index (χ3n) is 3.56. The van der Waals surface area contributed by atoms with Gasteiger partial charge in [0, 0.05) is 5.02 Å². The van der Waals surface area contributed by atoms with Crippen LogP contribution in [0.15, 0.2) is 46.6 Å². The van der Waals surface area contributed by atoms with Crippen LogP contribution in [-0.2, 0) is 4.79 Å². The smallest absolute Gasteiger partial charge is 0.281 e. The first-order chi connectivity index (χ1) is 11.4. The zero-order valence-corrected chi connectivity index (χ0v) is 15.7. The van der Waals surface area contributed by atoms with E-state index in [0.29, 0.717) is 26.0 Å². The molecule has 24 heavy (non-hydrogen) atoms. The second kappa shape index (κ2) is 6.55. The first kappa shape index (κ1) is 17.0. The van der Waals surface area contributed by atoms with Crippen LogP contribution in [0.25, 0.3) is 6.08 Å². The molecule has 1 heterocycles. The standard InChI is InChI=1S/C17H12BrClN2O2S/c1-9-6-11(19)3-4-14(9)21-16(23)13(20-17(21)24)8-10-2-5-15(22)12(18)7-10/h2-8,22H,1H3,(H,20,24)/b13-8+. The van der Waals surface area contributed by atoms with Crippen molar-refractivity contribution >= 4 is 62.5 Å². The number of hydrogen-bond acceptors (Lipinski definition) is 3. The maximum absolute atomic E-state index is 12.7. The quantitative estimate of drug-likeness (QED) is 0.556. The van der Waals surface area contributed by atoms with Crippen molar-refractivity contribution in [2.75, 3.05) is 4.90 Å². The number of benzene rings is 2. The van der Waals surface area contributed by atoms with E-state index in [2.05, 4.69) is 21.2 Å². The van der Waals surface area contributed by atoms with E-state index in [0.717, 1.165) is 11.1 Å². The fourth-order valence-corrected chi connectivity index (χ4v) is 3.32. The van der Waals surface area contributed by atoms with Gasteiger partial charge in [0.1, 0.15) is 11.4 Å². The Kier molecular flexibility index (Phi) is 4.62. The molecule has 1 aliphatic heterocycles. The average molecular weight is 424 g/mol. The number of amides is 1. The molecule has 122 valence electrons. The molecule has 3 rings (SSSR count). The highest BCUT2D eigenvalue weighted by Gasteiger charge is 2.32. The summed E-state index contributed by atoms with van der Waals surface area (Å²) in [6, 6.07) is 10.3. The molecule has 0 aliphatic carbocycles. The van der Waals surface area contributed by atoms with Crippen molar-refractivity contribution in [3.8, 4) is 5.75 Å². The lowest BCUT2D eigenvalue weighted by Crippen LogP contribution is -2.30. The van der Waals surface area contributed by atoms with Gasteiger partial charge in [0.2, 0.25) is 0 Å². The number of rotatable bonds is 2. The van der Waals surface area contributed by atoms with Gasteiger partial charge in [-0.05, 0) is 82.6 Å². The van der Waals surface area contributed by atoms with Crippen molar-refractivity contribution < 1.29 is 9.90 Å². The van der Waals surface area contributed by atoms with E-state index in [1.165, 1.54) is 4.90 Å². The minimum absolute atomic E-state index is 0.136. The second-order valence-corrected chi connectivity index (χ2v) is 6.95. The highest BCUT2D eigenvalue weighted by molar-refractivity contribution is 9.10. The molecule has 0 atom stereocenters. The SMILES string of the molecule is Cc1cc(Cl)ccc1N1C(=O)/C(=C\c2ccc(O)c(Br)c2)NC1=S. The fourth-order valence-electron chi connectivity index (χ4n) is 2.40. The summed E-state index contributed by atoms with van der Waals surface area (Å²) in [5, 5.41) is 13.4. The number of aromatic hydroxyl groups is 1. The number of carbonyl (C=O) groups excluding carboxylic acids is 1. The molecule has 0 aromatic heterocycles. The highest BCUT2D eigenvalue weighted by atomic mass is 79.9. The summed E-state index contributed by atoms with van der Waals surface area (Å²) >= 11 is 14.5. The van der Waals surface area contributed by atoms with E-state index in [1.54, 1.807) is 42.5 Å². The van der Waals surface area contributed by atoms with Crippen LogP contribution >= 0.6 is 39.7 Å². The van der Waals surface area contributed by atoms with E-state index in [-0.39, 0.29) is 11.7 Å². The third-order valence-corrected chi connectivity index (χ3v) is 4.72. The predicted molar refractivity (Wildman–Crippen MR) is 103 cm³/mol. The molecule has 1 amide bonds. The molecular weight excluding hydrogens is 412 g/mol. The van der Waals surface area contributed by atoms with Gasteiger partial charge in [-0.25, -0.2) is 0 Å². The van der Waals surface area contributed by atoms with Gasteiger partial charge in [-0.1, -0.05) is 17.7 Å². The van der Waals surface area contributed by atoms with E-state index in [1.807, 2.05) is 6.92 Å². The number of anilines is 1. The van der Waals surface area contributed by atoms with Crippen molar-refractivity contribution in [2.24, 2.45) is 0 Å². The summed E-state index contributed by atoms with van der Waals surface area (Å²) in [6.45, 7) is 1.87. The number of carbonyl (C=O) groups is 1. The van der Waals surface area contributed by atoms with Crippen LogP contribution in [0.2, 0.25) is 5.02 Å². The molecule has 0 bridgehead atoms. The number of phenols is 1. The summed E-state index contributed by atoms with van der Waals surface area (Å²) in [5.74, 6) is -0.105. The van der Waals surface area contributed by atoms with Crippen molar-refractivity contribution in [3.63, 3.8) is 0 Å². The first-order valence-electron chi connectivity index (χ1n) is 6.98. The zero-order chi connectivity index (χ0) is 17.4. The Morgan fingerprint density at radius 3 is 2.71 bits per heavy atom. The molecule has 2 aromatic carbocycles. The molecule has 1 fully saturated rings. The van der Waals surface area contributed by atoms with Gasteiger partial charge in [0.15, 0.2) is 5.11 Å². The van der Waals surface area contributed by atoms with Crippen LogP contribution in [0.4, 0.5) is 5.69 Å². The summed E-state index contributed by atoms with van der Waals surface area (Å²) < 4.78 is 0.551. The van der Waals surface area contributed by atoms with Crippen LogP contribution in [-0.4, -0.2) is 16.1 Å². The average Bonchev–Trinajstić information content (AvgIpc) is 2.78. The molecule has 0 saturated carbocycles. The highest BCUT2D eigenvalue weighted by Crippen LogP contribution is 2.29. The first-order valence-corrected chi connectivity index (χ1v) is 8.56. The molecule has 4 nitrogen and oxygen atoms in total. The summed E-state index contributed by atoms with van der Waals surface area (Å²) in [6.07, 6.45) is 1.68. The number of phenolic OH excluding ortho intramolecular Hbond substituents is 1. The van der Waals surface area contributed by atoms with Gasteiger partial charge in [0.25, 0.3) is 5.91 Å². The maximum Gasteiger partial charge on any atom is 0.281 e. The normalized spacial score (nSPS) is 16.0. The molecule has 7 heteroatoms. The zero-order valence-electron chi connectivity index (χ0n) is 12.5. The summed E-state index contributed by atoms with van der Waals surface area (Å²) in [7, 11) is 0. The largest absolute Gasteiger partial charge is 0.507 e. The van der Waals surface area contributed by atoms with E-state index in [9.17, 15) is 9.90 Å². The van der Waals surface area contributed by atoms with Crippen molar-refractivity contribution in [1.29, 1.82) is 0 Å². The van der Waals surface area contributed by atoms with Gasteiger partial charge in [-0.3, -0.25) is 9.69 Å². The van der Waals surface area contributed by atoms with Crippen LogP contribution in [0.3, 0.4) is 0 Å². The molecule has 1 aliphatic rings. The lowest BCUT2D eigenvalue weighted by atomic mass is 10.1. The minimum Gasteiger partial charge on any atom is -0.507 e. The van der Waals surface area contributed by atoms with Gasteiger partial charge in [-0.15, -0.1) is 0 Å². The summed E-state index contributed by atoms with van der Waals surface area (Å²) in [5.41, 5.74) is 2.67. The number of nitrogens with one attached hydrogen (secondary N) is 1. The fraction of sp³-hybridized carbons (Fsp3) is 0.0588. The van der Waals surface area contributed by atoms with Gasteiger partial charge in [0.05, 0.1) is 10.2 Å². The molecule has 0 spiro atoms. The van der Waals surface area contributed by atoms with E-state index >= 15 is 0 Å². The summed E-state index contributed by atoms with van der Waals surface area (Å²) in [4.78, 5) is 14.2. The van der Waals surface area contributed by atoms with E-state index < -0.39 is 0 Å². The topological polar surface area (TPSA) is 52.6 Å². The number of thiocarbonyl (C=S) groups is 1. The van der Waals surface area contributed by atoms with Crippen LogP contribution in [0.5, 0.6) is 5.75 Å². The lowest BCUT2D eigenvalue weighted by molar-refractivity contribution is -0.113. The van der Waals surface area contributed by atoms with Crippen LogP contribution in [0, 0.1) is 6.92 Å². The molecule has 1 saturated heterocycles. The van der Waals surface area contributed by atoms with Crippen molar-refractivity contribution in [1.82, 2.24) is 5.32 Å². The van der Waals surface area contributed by atoms with E-state index in [4.69, 9.17) is 23.8 Å². The molecule has 2 aromatic rings. The number of halogens is 2. The Hall–Kier alpha value is -1.89. The Balaban J connectivity index is 1.96.